The molecule has 2 aromatic rings. The lowest BCUT2D eigenvalue weighted by Gasteiger charge is -2.18. The Morgan fingerprint density at radius 2 is 1.71 bits per heavy atom. The van der Waals surface area contributed by atoms with Gasteiger partial charge in [0.05, 0.1) is 13.7 Å². The lowest BCUT2D eigenvalue weighted by molar-refractivity contribution is 0.0827. The number of benzene rings is 1. The molecule has 1 heterocycles. The Labute approximate surface area is 181 Å². The van der Waals surface area contributed by atoms with Crippen molar-refractivity contribution in [3.8, 4) is 11.5 Å². The van der Waals surface area contributed by atoms with Crippen molar-refractivity contribution in [1.29, 1.82) is 0 Å². The van der Waals surface area contributed by atoms with Gasteiger partial charge in [0.25, 0.3) is 15.9 Å². The van der Waals surface area contributed by atoms with Gasteiger partial charge in [-0.05, 0) is 57.5 Å². The fourth-order valence-electron chi connectivity index (χ4n) is 2.43. The van der Waals surface area contributed by atoms with Crippen molar-refractivity contribution in [1.82, 2.24) is 15.6 Å². The number of hydrogen-bond donors (Lipinski definition) is 3. The summed E-state index contributed by atoms with van der Waals surface area (Å²) in [6, 6.07) is 6.94. The lowest BCUT2D eigenvalue weighted by Crippen LogP contribution is -2.41. The molecule has 2 amide bonds. The molecule has 0 spiro atoms. The van der Waals surface area contributed by atoms with Crippen molar-refractivity contribution in [2.45, 2.75) is 44.7 Å². The van der Waals surface area contributed by atoms with Crippen LogP contribution in [-0.2, 0) is 10.0 Å². The summed E-state index contributed by atoms with van der Waals surface area (Å²) in [7, 11) is -2.48. The predicted molar refractivity (Wildman–Crippen MR) is 112 cm³/mol. The van der Waals surface area contributed by atoms with Crippen LogP contribution in [0.1, 0.15) is 55.0 Å². The third-order valence-corrected chi connectivity index (χ3v) is 5.32. The molecule has 170 valence electrons. The summed E-state index contributed by atoms with van der Waals surface area (Å²) in [5.41, 5.74) is 3.91. The number of sulfonamides is 1. The summed E-state index contributed by atoms with van der Waals surface area (Å²) in [5, 5.41) is -0.411. The highest BCUT2D eigenvalue weighted by molar-refractivity contribution is 7.89. The van der Waals surface area contributed by atoms with Crippen LogP contribution >= 0.6 is 0 Å². The number of hydrogen-bond acceptors (Lipinski definition) is 7. The van der Waals surface area contributed by atoms with Gasteiger partial charge < -0.3 is 13.9 Å². The standard InChI is InChI=1S/C20H27N3O7S/c1-6-11-29-14-8-7-13(12-16(14)28-5)18(24)21-22-19(25)15-9-10-17(30-15)31(26,27)23-20(2,3)4/h7-10,12,23H,6,11H2,1-5H3,(H,21,24)(H,22,25). The second-order valence-electron chi connectivity index (χ2n) is 7.60. The van der Waals surface area contributed by atoms with Gasteiger partial charge in [0.1, 0.15) is 0 Å². The fourth-order valence-corrected chi connectivity index (χ4v) is 3.78. The van der Waals surface area contributed by atoms with E-state index in [2.05, 4.69) is 15.6 Å². The molecule has 3 N–H and O–H groups in total. The van der Waals surface area contributed by atoms with Crippen LogP contribution in [0.15, 0.2) is 39.8 Å². The summed E-state index contributed by atoms with van der Waals surface area (Å²) in [6.45, 7) is 7.50. The second kappa shape index (κ2) is 9.84. The van der Waals surface area contributed by atoms with Crippen LogP contribution in [0.25, 0.3) is 0 Å². The number of amides is 2. The van der Waals surface area contributed by atoms with E-state index in [0.29, 0.717) is 18.1 Å². The summed E-state index contributed by atoms with van der Waals surface area (Å²) >= 11 is 0. The number of furan rings is 1. The van der Waals surface area contributed by atoms with Gasteiger partial charge in [0.15, 0.2) is 17.3 Å². The highest BCUT2D eigenvalue weighted by atomic mass is 32.2. The minimum absolute atomic E-state index is 0.220. The maximum absolute atomic E-state index is 12.3. The molecule has 0 bridgehead atoms. The first-order valence-electron chi connectivity index (χ1n) is 9.52. The van der Waals surface area contributed by atoms with Crippen molar-refractivity contribution in [3.05, 3.63) is 41.7 Å². The minimum Gasteiger partial charge on any atom is -0.493 e. The quantitative estimate of drug-likeness (QED) is 0.522. The SMILES string of the molecule is CCCOc1ccc(C(=O)NNC(=O)c2ccc(S(=O)(=O)NC(C)(C)C)o2)cc1OC. The molecule has 0 saturated carbocycles. The Bertz CT molecular complexity index is 1040. The Morgan fingerprint density at radius 3 is 2.32 bits per heavy atom. The Morgan fingerprint density at radius 1 is 1.03 bits per heavy atom. The predicted octanol–water partition coefficient (Wildman–Crippen LogP) is 2.23. The summed E-state index contributed by atoms with van der Waals surface area (Å²) in [5.74, 6) is -0.837. The van der Waals surface area contributed by atoms with Crippen LogP contribution in [0.3, 0.4) is 0 Å². The molecule has 31 heavy (non-hydrogen) atoms. The molecule has 10 nitrogen and oxygen atoms in total. The number of carbonyl (C=O) groups is 2. The van der Waals surface area contributed by atoms with Gasteiger partial charge >= 0.3 is 5.91 Å². The highest BCUT2D eigenvalue weighted by Gasteiger charge is 2.26. The summed E-state index contributed by atoms with van der Waals surface area (Å²) in [6.07, 6.45) is 0.819. The van der Waals surface area contributed by atoms with Crippen molar-refractivity contribution in [3.63, 3.8) is 0 Å². The first-order chi connectivity index (χ1) is 14.5. The van der Waals surface area contributed by atoms with E-state index in [0.717, 1.165) is 12.5 Å². The average molecular weight is 454 g/mol. The number of hydrazine groups is 1. The van der Waals surface area contributed by atoms with Crippen LogP contribution in [0, 0.1) is 0 Å². The fraction of sp³-hybridized carbons (Fsp3) is 0.400. The van der Waals surface area contributed by atoms with Crippen LogP contribution in [0.4, 0.5) is 0 Å². The molecule has 2 rings (SSSR count). The van der Waals surface area contributed by atoms with E-state index >= 15 is 0 Å². The number of rotatable bonds is 8. The number of ether oxygens (including phenoxy) is 2. The highest BCUT2D eigenvalue weighted by Crippen LogP contribution is 2.28. The maximum Gasteiger partial charge on any atom is 0.305 e. The van der Waals surface area contributed by atoms with E-state index in [1.165, 1.54) is 25.3 Å². The van der Waals surface area contributed by atoms with Crippen LogP contribution in [-0.4, -0.2) is 39.5 Å². The van der Waals surface area contributed by atoms with Crippen molar-refractivity contribution in [2.24, 2.45) is 0 Å². The van der Waals surface area contributed by atoms with Gasteiger partial charge in [0, 0.05) is 11.1 Å². The zero-order valence-electron chi connectivity index (χ0n) is 18.1. The molecule has 0 unspecified atom stereocenters. The summed E-state index contributed by atoms with van der Waals surface area (Å²) in [4.78, 5) is 24.6. The van der Waals surface area contributed by atoms with Gasteiger partial charge in [-0.1, -0.05) is 6.92 Å². The molecule has 0 saturated heterocycles. The summed E-state index contributed by atoms with van der Waals surface area (Å²) < 4.78 is 42.8. The van der Waals surface area contributed by atoms with E-state index in [9.17, 15) is 18.0 Å². The Balaban J connectivity index is 2.03. The number of nitrogens with one attached hydrogen (secondary N) is 3. The van der Waals surface area contributed by atoms with E-state index in [1.54, 1.807) is 26.8 Å². The molecule has 1 aromatic heterocycles. The van der Waals surface area contributed by atoms with Crippen molar-refractivity contribution in [2.75, 3.05) is 13.7 Å². The molecule has 0 radical (unpaired) electrons. The monoisotopic (exact) mass is 453 g/mol. The van der Waals surface area contributed by atoms with E-state index in [4.69, 9.17) is 13.9 Å². The zero-order chi connectivity index (χ0) is 23.2. The minimum atomic E-state index is -3.93. The number of carbonyl (C=O) groups excluding carboxylic acids is 2. The van der Waals surface area contributed by atoms with Gasteiger partial charge in [0.2, 0.25) is 5.09 Å². The van der Waals surface area contributed by atoms with E-state index in [1.807, 2.05) is 6.92 Å². The molecular weight excluding hydrogens is 426 g/mol. The Kier molecular flexibility index (Phi) is 7.69. The van der Waals surface area contributed by atoms with Crippen LogP contribution in [0.2, 0.25) is 0 Å². The second-order valence-corrected chi connectivity index (χ2v) is 9.21. The number of methoxy groups -OCH3 is 1. The first kappa shape index (κ1) is 24.2. The molecule has 0 atom stereocenters. The van der Waals surface area contributed by atoms with Gasteiger partial charge in [-0.3, -0.25) is 20.4 Å². The molecule has 0 aliphatic rings. The average Bonchev–Trinajstić information content (AvgIpc) is 3.19. The largest absolute Gasteiger partial charge is 0.493 e. The van der Waals surface area contributed by atoms with Gasteiger partial charge in [-0.2, -0.15) is 0 Å². The van der Waals surface area contributed by atoms with Crippen molar-refractivity contribution >= 4 is 21.8 Å². The van der Waals surface area contributed by atoms with E-state index in [-0.39, 0.29) is 11.3 Å². The Hall–Kier alpha value is -3.05. The molecule has 11 heteroatoms. The smallest absolute Gasteiger partial charge is 0.305 e. The lowest BCUT2D eigenvalue weighted by atomic mass is 10.1. The topological polar surface area (TPSA) is 136 Å². The molecule has 0 fully saturated rings. The van der Waals surface area contributed by atoms with Crippen LogP contribution in [0.5, 0.6) is 11.5 Å². The zero-order valence-corrected chi connectivity index (χ0v) is 18.9. The molecule has 0 aliphatic heterocycles. The third kappa shape index (κ3) is 6.72. The maximum atomic E-state index is 12.3. The van der Waals surface area contributed by atoms with Crippen LogP contribution < -0.4 is 25.0 Å². The van der Waals surface area contributed by atoms with Gasteiger partial charge in [-0.15, -0.1) is 0 Å². The van der Waals surface area contributed by atoms with Gasteiger partial charge in [-0.25, -0.2) is 13.1 Å². The molecule has 0 aliphatic carbocycles. The van der Waals surface area contributed by atoms with Crippen molar-refractivity contribution < 1.29 is 31.9 Å². The third-order valence-electron chi connectivity index (χ3n) is 3.69. The first-order valence-corrected chi connectivity index (χ1v) is 11.0. The molecule has 1 aromatic carbocycles. The molecular formula is C20H27N3O7S. The normalized spacial score (nSPS) is 11.6. The van der Waals surface area contributed by atoms with E-state index < -0.39 is 32.5 Å².